The van der Waals surface area contributed by atoms with Crippen molar-refractivity contribution < 1.29 is 28.4 Å². The Labute approximate surface area is 212 Å². The molecule has 3 rings (SSSR count). The molecule has 0 bridgehead atoms. The van der Waals surface area contributed by atoms with Crippen LogP contribution in [0.4, 0.5) is 5.95 Å². The van der Waals surface area contributed by atoms with Crippen molar-refractivity contribution in [2.24, 2.45) is 0 Å². The molecule has 0 fully saturated rings. The van der Waals surface area contributed by atoms with Crippen LogP contribution in [0, 0.1) is 0 Å². The molecule has 0 aliphatic carbocycles. The van der Waals surface area contributed by atoms with E-state index in [0.29, 0.717) is 34.6 Å². The zero-order valence-electron chi connectivity index (χ0n) is 22.0. The van der Waals surface area contributed by atoms with E-state index in [1.54, 1.807) is 41.4 Å². The summed E-state index contributed by atoms with van der Waals surface area (Å²) in [5.41, 5.74) is 3.18. The lowest BCUT2D eigenvalue weighted by atomic mass is 10.1. The van der Waals surface area contributed by atoms with Crippen LogP contribution in [0.5, 0.6) is 23.0 Å². The van der Waals surface area contributed by atoms with Crippen molar-refractivity contribution in [2.75, 3.05) is 53.2 Å². The molecule has 1 heterocycles. The summed E-state index contributed by atoms with van der Waals surface area (Å²) in [5.74, 6) is 3.10. The predicted molar refractivity (Wildman–Crippen MR) is 139 cm³/mol. The summed E-state index contributed by atoms with van der Waals surface area (Å²) in [6, 6.07) is 13.3. The molecule has 9 heteroatoms. The topological polar surface area (TPSA) is 84.4 Å². The third-order valence-electron chi connectivity index (χ3n) is 5.75. The van der Waals surface area contributed by atoms with Crippen molar-refractivity contribution in [1.29, 1.82) is 0 Å². The van der Waals surface area contributed by atoms with Crippen molar-refractivity contribution in [1.82, 2.24) is 9.97 Å². The molecule has 0 spiro atoms. The van der Waals surface area contributed by atoms with Crippen molar-refractivity contribution in [3.8, 4) is 45.5 Å². The van der Waals surface area contributed by atoms with Gasteiger partial charge in [-0.25, -0.2) is 9.97 Å². The van der Waals surface area contributed by atoms with Crippen LogP contribution in [0.15, 0.2) is 42.5 Å². The number of aromatic nitrogens is 2. The maximum atomic E-state index is 5.67. The highest BCUT2D eigenvalue weighted by atomic mass is 16.7. The summed E-state index contributed by atoms with van der Waals surface area (Å²) < 4.78 is 32.8. The number of hydrogen-bond acceptors (Lipinski definition) is 9. The van der Waals surface area contributed by atoms with Crippen LogP contribution in [0.1, 0.15) is 20.8 Å². The smallest absolute Gasteiger partial charge is 0.226 e. The molecule has 2 aromatic carbocycles. The van der Waals surface area contributed by atoms with E-state index in [0.717, 1.165) is 29.9 Å². The number of hydrogen-bond donors (Lipinski definition) is 0. The fraction of sp³-hybridized carbons (Fsp3) is 0.407. The Hall–Kier alpha value is -3.56. The molecule has 0 aliphatic heterocycles. The van der Waals surface area contributed by atoms with E-state index in [-0.39, 0.29) is 13.1 Å². The van der Waals surface area contributed by atoms with E-state index in [1.807, 2.05) is 36.4 Å². The maximum absolute atomic E-state index is 5.67. The Morgan fingerprint density at radius 1 is 0.778 bits per heavy atom. The Bertz CT molecular complexity index is 1120. The van der Waals surface area contributed by atoms with Gasteiger partial charge in [-0.1, -0.05) is 0 Å². The van der Waals surface area contributed by atoms with Crippen LogP contribution in [0.3, 0.4) is 0 Å². The Morgan fingerprint density at radius 2 is 1.39 bits per heavy atom. The zero-order valence-corrected chi connectivity index (χ0v) is 22.0. The fourth-order valence-electron chi connectivity index (χ4n) is 3.59. The minimum atomic E-state index is -0.337. The van der Waals surface area contributed by atoms with Gasteiger partial charge in [-0.15, -0.1) is 0 Å². The van der Waals surface area contributed by atoms with Crippen LogP contribution in [-0.2, 0) is 9.47 Å². The molecule has 1 unspecified atom stereocenters. The molecule has 0 saturated carbocycles. The van der Waals surface area contributed by atoms with Gasteiger partial charge in [0.2, 0.25) is 5.95 Å². The van der Waals surface area contributed by atoms with Crippen LogP contribution >= 0.6 is 0 Å². The third kappa shape index (κ3) is 6.35. The fourth-order valence-corrected chi connectivity index (χ4v) is 3.59. The molecule has 194 valence electrons. The molecule has 3 aromatic rings. The molecule has 0 radical (unpaired) electrons. The maximum Gasteiger partial charge on any atom is 0.226 e. The van der Waals surface area contributed by atoms with Gasteiger partial charge in [-0.05, 0) is 57.2 Å². The number of rotatable bonds is 13. The first-order valence-electron chi connectivity index (χ1n) is 11.8. The summed E-state index contributed by atoms with van der Waals surface area (Å²) >= 11 is 0. The van der Waals surface area contributed by atoms with Gasteiger partial charge in [0.15, 0.2) is 24.6 Å². The van der Waals surface area contributed by atoms with E-state index in [2.05, 4.69) is 18.7 Å². The molecule has 0 saturated heterocycles. The summed E-state index contributed by atoms with van der Waals surface area (Å²) in [7, 11) is 6.40. The Morgan fingerprint density at radius 3 is 1.97 bits per heavy atom. The van der Waals surface area contributed by atoms with E-state index in [4.69, 9.17) is 38.4 Å². The van der Waals surface area contributed by atoms with Crippen molar-refractivity contribution >= 4 is 5.95 Å². The minimum Gasteiger partial charge on any atom is -0.496 e. The zero-order chi connectivity index (χ0) is 26.1. The van der Waals surface area contributed by atoms with Crippen LogP contribution in [0.2, 0.25) is 0 Å². The first kappa shape index (κ1) is 27.0. The van der Waals surface area contributed by atoms with Gasteiger partial charge in [0.1, 0.15) is 11.5 Å². The van der Waals surface area contributed by atoms with Crippen LogP contribution < -0.4 is 23.8 Å². The Kier molecular flexibility index (Phi) is 9.72. The molecule has 0 N–H and O–H groups in total. The SMILES string of the molecule is CCN(CC)c1nc(-c2ccc(OCOC(C)OC)cc2)cc(-c2cc(OC)c(OC)cc2OC)n1. The average molecular weight is 498 g/mol. The molecular weight excluding hydrogens is 462 g/mol. The summed E-state index contributed by atoms with van der Waals surface area (Å²) in [5, 5.41) is 0. The molecular formula is C27H35N3O6. The number of ether oxygens (including phenoxy) is 6. The molecule has 0 amide bonds. The van der Waals surface area contributed by atoms with Crippen LogP contribution in [-0.4, -0.2) is 64.6 Å². The highest BCUT2D eigenvalue weighted by Gasteiger charge is 2.18. The highest BCUT2D eigenvalue weighted by Crippen LogP contribution is 2.40. The normalized spacial score (nSPS) is 11.6. The lowest BCUT2D eigenvalue weighted by molar-refractivity contribution is -0.149. The van der Waals surface area contributed by atoms with E-state index in [1.165, 1.54) is 0 Å². The second-order valence-corrected chi connectivity index (χ2v) is 7.77. The monoisotopic (exact) mass is 497 g/mol. The lowest BCUT2D eigenvalue weighted by Crippen LogP contribution is -2.24. The van der Waals surface area contributed by atoms with Gasteiger partial charge in [0, 0.05) is 37.4 Å². The van der Waals surface area contributed by atoms with E-state index in [9.17, 15) is 0 Å². The average Bonchev–Trinajstić information content (AvgIpc) is 2.92. The number of methoxy groups -OCH3 is 4. The van der Waals surface area contributed by atoms with Crippen molar-refractivity contribution in [3.63, 3.8) is 0 Å². The highest BCUT2D eigenvalue weighted by molar-refractivity contribution is 5.76. The molecule has 9 nitrogen and oxygen atoms in total. The standard InChI is InChI=1S/C27H35N3O6/c1-8-30(9-2)27-28-22(19-10-12-20(13-11-19)36-17-35-18(3)31-4)15-23(29-27)21-14-25(33-6)26(34-7)16-24(21)32-5/h10-16,18H,8-9,17H2,1-7H3. The second-order valence-electron chi connectivity index (χ2n) is 7.77. The van der Waals surface area contributed by atoms with E-state index < -0.39 is 0 Å². The molecule has 1 atom stereocenters. The van der Waals surface area contributed by atoms with Gasteiger partial charge in [0.25, 0.3) is 0 Å². The summed E-state index contributed by atoms with van der Waals surface area (Å²) in [6.45, 7) is 7.60. The van der Waals surface area contributed by atoms with Gasteiger partial charge in [-0.3, -0.25) is 0 Å². The lowest BCUT2D eigenvalue weighted by Gasteiger charge is -2.21. The molecule has 0 aliphatic rings. The van der Waals surface area contributed by atoms with Gasteiger partial charge in [0.05, 0.1) is 32.7 Å². The quantitative estimate of drug-likeness (QED) is 0.302. The first-order valence-corrected chi connectivity index (χ1v) is 11.8. The third-order valence-corrected chi connectivity index (χ3v) is 5.75. The van der Waals surface area contributed by atoms with E-state index >= 15 is 0 Å². The second kappa shape index (κ2) is 12.9. The van der Waals surface area contributed by atoms with Gasteiger partial charge < -0.3 is 33.3 Å². The number of nitrogens with zero attached hydrogens (tertiary/aromatic N) is 3. The first-order chi connectivity index (χ1) is 17.5. The molecule has 36 heavy (non-hydrogen) atoms. The Balaban J connectivity index is 2.03. The van der Waals surface area contributed by atoms with Crippen molar-refractivity contribution in [2.45, 2.75) is 27.1 Å². The van der Waals surface area contributed by atoms with Gasteiger partial charge in [-0.2, -0.15) is 0 Å². The number of anilines is 1. The molecule has 1 aromatic heterocycles. The number of benzene rings is 2. The minimum absolute atomic E-state index is 0.0945. The predicted octanol–water partition coefficient (Wildman–Crippen LogP) is 5.03. The summed E-state index contributed by atoms with van der Waals surface area (Å²) in [4.78, 5) is 11.8. The van der Waals surface area contributed by atoms with Crippen LogP contribution in [0.25, 0.3) is 22.5 Å². The van der Waals surface area contributed by atoms with Crippen molar-refractivity contribution in [3.05, 3.63) is 42.5 Å². The largest absolute Gasteiger partial charge is 0.496 e. The summed E-state index contributed by atoms with van der Waals surface area (Å²) in [6.07, 6.45) is -0.337. The van der Waals surface area contributed by atoms with Gasteiger partial charge >= 0.3 is 0 Å².